The predicted molar refractivity (Wildman–Crippen MR) is 74.8 cm³/mol. The molecule has 1 N–H and O–H groups in total. The first-order valence-corrected chi connectivity index (χ1v) is 7.10. The number of fused-ring (bicyclic) bond motifs is 1. The van der Waals surface area contributed by atoms with Crippen molar-refractivity contribution >= 4 is 0 Å². The molecular formula is C15H22N2O2. The highest BCUT2D eigenvalue weighted by atomic mass is 16.6. The van der Waals surface area contributed by atoms with Gasteiger partial charge in [0.15, 0.2) is 11.5 Å². The van der Waals surface area contributed by atoms with Gasteiger partial charge < -0.3 is 14.8 Å². The fraction of sp³-hybridized carbons (Fsp3) is 0.600. The minimum Gasteiger partial charge on any atom is -0.486 e. The Morgan fingerprint density at radius 1 is 1.21 bits per heavy atom. The maximum absolute atomic E-state index is 5.65. The Morgan fingerprint density at radius 2 is 2.00 bits per heavy atom. The third-order valence-corrected chi connectivity index (χ3v) is 4.16. The van der Waals surface area contributed by atoms with Crippen LogP contribution in [0.3, 0.4) is 0 Å². The van der Waals surface area contributed by atoms with Crippen LogP contribution in [0.4, 0.5) is 0 Å². The van der Waals surface area contributed by atoms with E-state index in [9.17, 15) is 0 Å². The molecule has 3 rings (SSSR count). The van der Waals surface area contributed by atoms with Crippen molar-refractivity contribution in [1.82, 2.24) is 10.2 Å². The van der Waals surface area contributed by atoms with Crippen LogP contribution in [-0.4, -0.2) is 43.3 Å². The van der Waals surface area contributed by atoms with Gasteiger partial charge in [0.05, 0.1) is 0 Å². The zero-order chi connectivity index (χ0) is 13.2. The van der Waals surface area contributed by atoms with E-state index in [1.165, 1.54) is 5.56 Å². The number of hydrogen-bond acceptors (Lipinski definition) is 4. The summed E-state index contributed by atoms with van der Waals surface area (Å²) in [6.45, 7) is 8.98. The maximum Gasteiger partial charge on any atom is 0.161 e. The molecule has 0 bridgehead atoms. The third-order valence-electron chi connectivity index (χ3n) is 4.16. The summed E-state index contributed by atoms with van der Waals surface area (Å²) in [5.74, 6) is 1.76. The number of hydrogen-bond donors (Lipinski definition) is 1. The van der Waals surface area contributed by atoms with Crippen molar-refractivity contribution in [2.45, 2.75) is 32.5 Å². The van der Waals surface area contributed by atoms with E-state index in [0.29, 0.717) is 25.3 Å². The average molecular weight is 262 g/mol. The summed E-state index contributed by atoms with van der Waals surface area (Å²) >= 11 is 0. The highest BCUT2D eigenvalue weighted by Crippen LogP contribution is 2.31. The van der Waals surface area contributed by atoms with E-state index in [-0.39, 0.29) is 0 Å². The normalized spacial score (nSPS) is 27.3. The van der Waals surface area contributed by atoms with Gasteiger partial charge in [-0.15, -0.1) is 0 Å². The Kier molecular flexibility index (Phi) is 3.62. The Labute approximate surface area is 114 Å². The van der Waals surface area contributed by atoms with Crippen molar-refractivity contribution in [3.8, 4) is 11.5 Å². The van der Waals surface area contributed by atoms with E-state index in [1.807, 2.05) is 6.07 Å². The van der Waals surface area contributed by atoms with Gasteiger partial charge in [-0.3, -0.25) is 4.90 Å². The molecule has 0 amide bonds. The molecule has 4 heteroatoms. The van der Waals surface area contributed by atoms with Gasteiger partial charge in [-0.05, 0) is 31.5 Å². The highest BCUT2D eigenvalue weighted by molar-refractivity contribution is 5.43. The molecule has 2 aliphatic rings. The molecule has 0 aromatic heterocycles. The predicted octanol–water partition coefficient (Wildman–Crippen LogP) is 1.64. The number of nitrogens with one attached hydrogen (secondary N) is 1. The SMILES string of the molecule is C[C@@H]1NCCN(Cc2ccc3c(c2)OCCO3)[C@H]1C. The summed E-state index contributed by atoms with van der Waals surface area (Å²) in [5.41, 5.74) is 1.30. The van der Waals surface area contributed by atoms with Crippen molar-refractivity contribution in [2.75, 3.05) is 26.3 Å². The average Bonchev–Trinajstić information content (AvgIpc) is 2.44. The van der Waals surface area contributed by atoms with Gasteiger partial charge in [-0.2, -0.15) is 0 Å². The first-order chi connectivity index (χ1) is 9.24. The van der Waals surface area contributed by atoms with Crippen molar-refractivity contribution in [2.24, 2.45) is 0 Å². The topological polar surface area (TPSA) is 33.7 Å². The molecule has 0 radical (unpaired) electrons. The van der Waals surface area contributed by atoms with Crippen LogP contribution in [-0.2, 0) is 6.54 Å². The Morgan fingerprint density at radius 3 is 2.84 bits per heavy atom. The molecular weight excluding hydrogens is 240 g/mol. The van der Waals surface area contributed by atoms with Crippen LogP contribution in [0, 0.1) is 0 Å². The number of ether oxygens (including phenoxy) is 2. The maximum atomic E-state index is 5.65. The monoisotopic (exact) mass is 262 g/mol. The molecule has 4 nitrogen and oxygen atoms in total. The molecule has 0 spiro atoms. The summed E-state index contributed by atoms with van der Waals surface area (Å²) in [4.78, 5) is 2.52. The van der Waals surface area contributed by atoms with E-state index >= 15 is 0 Å². The van der Waals surface area contributed by atoms with Crippen LogP contribution in [0.15, 0.2) is 18.2 Å². The Bertz CT molecular complexity index is 450. The second-order valence-electron chi connectivity index (χ2n) is 5.43. The third kappa shape index (κ3) is 2.69. The molecule has 1 fully saturated rings. The lowest BCUT2D eigenvalue weighted by atomic mass is 10.1. The molecule has 2 atom stereocenters. The van der Waals surface area contributed by atoms with Crippen molar-refractivity contribution in [3.05, 3.63) is 23.8 Å². The molecule has 0 saturated carbocycles. The molecule has 1 aromatic carbocycles. The lowest BCUT2D eigenvalue weighted by molar-refractivity contribution is 0.130. The van der Waals surface area contributed by atoms with Gasteiger partial charge in [0.2, 0.25) is 0 Å². The van der Waals surface area contributed by atoms with Crippen LogP contribution in [0.5, 0.6) is 11.5 Å². The highest BCUT2D eigenvalue weighted by Gasteiger charge is 2.24. The largest absolute Gasteiger partial charge is 0.486 e. The van der Waals surface area contributed by atoms with Crippen LogP contribution in [0.2, 0.25) is 0 Å². The number of rotatable bonds is 2. The fourth-order valence-electron chi connectivity index (χ4n) is 2.77. The van der Waals surface area contributed by atoms with Crippen molar-refractivity contribution in [3.63, 3.8) is 0 Å². The molecule has 1 aromatic rings. The smallest absolute Gasteiger partial charge is 0.161 e. The molecule has 0 aliphatic carbocycles. The first kappa shape index (κ1) is 12.8. The van der Waals surface area contributed by atoms with Crippen LogP contribution in [0.1, 0.15) is 19.4 Å². The molecule has 104 valence electrons. The standard InChI is InChI=1S/C15H22N2O2/c1-11-12(2)17(6-5-16-11)10-13-3-4-14-15(9-13)19-8-7-18-14/h3-4,9,11-12,16H,5-8,10H2,1-2H3/t11-,12-/m0/s1. The number of piperazine rings is 1. The lowest BCUT2D eigenvalue weighted by Gasteiger charge is -2.38. The van der Waals surface area contributed by atoms with Crippen LogP contribution < -0.4 is 14.8 Å². The molecule has 1 saturated heterocycles. The first-order valence-electron chi connectivity index (χ1n) is 7.10. The van der Waals surface area contributed by atoms with Crippen molar-refractivity contribution < 1.29 is 9.47 Å². The zero-order valence-electron chi connectivity index (χ0n) is 11.7. The lowest BCUT2D eigenvalue weighted by Crippen LogP contribution is -2.54. The minimum atomic E-state index is 0.547. The second-order valence-corrected chi connectivity index (χ2v) is 5.43. The zero-order valence-corrected chi connectivity index (χ0v) is 11.7. The van der Waals surface area contributed by atoms with Gasteiger partial charge in [0.1, 0.15) is 13.2 Å². The summed E-state index contributed by atoms with van der Waals surface area (Å²) in [6, 6.07) is 7.40. The van der Waals surface area contributed by atoms with E-state index in [4.69, 9.17) is 9.47 Å². The molecule has 2 aliphatic heterocycles. The Balaban J connectivity index is 1.72. The van der Waals surface area contributed by atoms with E-state index in [1.54, 1.807) is 0 Å². The van der Waals surface area contributed by atoms with Gasteiger partial charge >= 0.3 is 0 Å². The van der Waals surface area contributed by atoms with Gasteiger partial charge in [-0.25, -0.2) is 0 Å². The van der Waals surface area contributed by atoms with E-state index in [2.05, 4.69) is 36.2 Å². The van der Waals surface area contributed by atoms with Crippen LogP contribution in [0.25, 0.3) is 0 Å². The number of benzene rings is 1. The molecule has 0 unspecified atom stereocenters. The summed E-state index contributed by atoms with van der Waals surface area (Å²) < 4.78 is 11.2. The van der Waals surface area contributed by atoms with E-state index < -0.39 is 0 Å². The quantitative estimate of drug-likeness (QED) is 0.878. The summed E-state index contributed by atoms with van der Waals surface area (Å²) in [5, 5.41) is 3.51. The second kappa shape index (κ2) is 5.39. The van der Waals surface area contributed by atoms with Gasteiger partial charge in [-0.1, -0.05) is 6.07 Å². The summed E-state index contributed by atoms with van der Waals surface area (Å²) in [7, 11) is 0. The van der Waals surface area contributed by atoms with Gasteiger partial charge in [0.25, 0.3) is 0 Å². The fourth-order valence-corrected chi connectivity index (χ4v) is 2.77. The number of nitrogens with zero attached hydrogens (tertiary/aromatic N) is 1. The Hall–Kier alpha value is -1.26. The molecule has 19 heavy (non-hydrogen) atoms. The van der Waals surface area contributed by atoms with Gasteiger partial charge in [0, 0.05) is 31.7 Å². The van der Waals surface area contributed by atoms with Crippen LogP contribution >= 0.6 is 0 Å². The van der Waals surface area contributed by atoms with Crippen molar-refractivity contribution in [1.29, 1.82) is 0 Å². The van der Waals surface area contributed by atoms with E-state index in [0.717, 1.165) is 31.1 Å². The molecule has 2 heterocycles. The summed E-state index contributed by atoms with van der Waals surface area (Å²) in [6.07, 6.45) is 0. The minimum absolute atomic E-state index is 0.547.